The molecular weight excluding hydrogens is 264 g/mol. The summed E-state index contributed by atoms with van der Waals surface area (Å²) in [7, 11) is 0. The van der Waals surface area contributed by atoms with Crippen molar-refractivity contribution < 1.29 is 20.6 Å². The third-order valence-corrected chi connectivity index (χ3v) is 3.27. The number of benzene rings is 1. The third-order valence-electron chi connectivity index (χ3n) is 3.27. The second-order valence-electron chi connectivity index (χ2n) is 4.64. The highest BCUT2D eigenvalue weighted by Gasteiger charge is 2.27. The number of rotatable bonds is 5. The van der Waals surface area contributed by atoms with Crippen molar-refractivity contribution in [3.63, 3.8) is 0 Å². The molecule has 20 heavy (non-hydrogen) atoms. The quantitative estimate of drug-likeness (QED) is 0.456. The van der Waals surface area contributed by atoms with E-state index in [1.807, 2.05) is 0 Å². The summed E-state index contributed by atoms with van der Waals surface area (Å²) in [5, 5.41) is 39.7. The fraction of sp³-hybridized carbons (Fsp3) is 0.500. The summed E-state index contributed by atoms with van der Waals surface area (Å²) >= 11 is 0. The summed E-state index contributed by atoms with van der Waals surface area (Å²) in [6, 6.07) is 3.42. The first-order valence-electron chi connectivity index (χ1n) is 6.36. The Kier molecular flexibility index (Phi) is 4.63. The lowest BCUT2D eigenvalue weighted by Gasteiger charge is -2.36. The van der Waals surface area contributed by atoms with Crippen LogP contribution < -0.4 is 15.7 Å². The average molecular weight is 284 g/mol. The molecule has 8 nitrogen and oxygen atoms in total. The molecule has 0 bridgehead atoms. The van der Waals surface area contributed by atoms with Gasteiger partial charge in [-0.3, -0.25) is 5.21 Å². The minimum Gasteiger partial charge on any atom is -0.398 e. The molecule has 1 aromatic carbocycles. The molecule has 0 saturated heterocycles. The van der Waals surface area contributed by atoms with Crippen LogP contribution in [0.5, 0.6) is 0 Å². The van der Waals surface area contributed by atoms with Gasteiger partial charge in [-0.15, -0.1) is 0 Å². The number of aliphatic hydroxyl groups excluding tert-OH is 2. The predicted octanol–water partition coefficient (Wildman–Crippen LogP) is -0.582. The topological polar surface area (TPSA) is 117 Å². The van der Waals surface area contributed by atoms with E-state index in [9.17, 15) is 10.4 Å². The lowest BCUT2D eigenvalue weighted by molar-refractivity contribution is -0.117. The van der Waals surface area contributed by atoms with Crippen LogP contribution >= 0.6 is 0 Å². The highest BCUT2D eigenvalue weighted by Crippen LogP contribution is 2.38. The molecule has 112 valence electrons. The van der Waals surface area contributed by atoms with Gasteiger partial charge in [0.05, 0.1) is 31.1 Å². The number of anilines is 3. The van der Waals surface area contributed by atoms with Crippen molar-refractivity contribution in [1.29, 1.82) is 0 Å². The Morgan fingerprint density at radius 1 is 1.15 bits per heavy atom. The maximum atomic E-state index is 10.0. The number of nitrogens with two attached hydrogens (primary N) is 1. The zero-order valence-electron chi connectivity index (χ0n) is 11.1. The number of hydroxylamine groups is 3. The van der Waals surface area contributed by atoms with Crippen molar-refractivity contribution in [2.24, 2.45) is 0 Å². The van der Waals surface area contributed by atoms with Gasteiger partial charge >= 0.3 is 0 Å². The maximum Gasteiger partial charge on any atom is 0.121 e. The molecular formula is C12H20N4O4. The lowest BCUT2D eigenvalue weighted by Crippen LogP contribution is -2.41. The molecule has 1 aromatic rings. The first kappa shape index (κ1) is 14.8. The van der Waals surface area contributed by atoms with Crippen molar-refractivity contribution in [2.45, 2.75) is 6.54 Å². The molecule has 1 aliphatic rings. The van der Waals surface area contributed by atoms with E-state index in [1.165, 1.54) is 0 Å². The van der Waals surface area contributed by atoms with E-state index in [2.05, 4.69) is 0 Å². The largest absolute Gasteiger partial charge is 0.398 e. The van der Waals surface area contributed by atoms with Crippen LogP contribution in [0, 0.1) is 0 Å². The van der Waals surface area contributed by atoms with Gasteiger partial charge in [0.25, 0.3) is 0 Å². The van der Waals surface area contributed by atoms with Crippen molar-refractivity contribution in [2.75, 3.05) is 48.7 Å². The number of hydrogen-bond acceptors (Lipinski definition) is 8. The first-order valence-corrected chi connectivity index (χ1v) is 6.36. The molecule has 2 rings (SSSR count). The Bertz CT molecular complexity index is 465. The maximum absolute atomic E-state index is 10.0. The van der Waals surface area contributed by atoms with Crippen LogP contribution in [0.2, 0.25) is 0 Å². The fourth-order valence-corrected chi connectivity index (χ4v) is 2.40. The van der Waals surface area contributed by atoms with Crippen LogP contribution in [0.25, 0.3) is 0 Å². The summed E-state index contributed by atoms with van der Waals surface area (Å²) < 4.78 is 0. The molecule has 0 radical (unpaired) electrons. The summed E-state index contributed by atoms with van der Waals surface area (Å²) in [5.74, 6) is 0. The van der Waals surface area contributed by atoms with E-state index in [-0.39, 0.29) is 26.4 Å². The van der Waals surface area contributed by atoms with Crippen LogP contribution in [-0.4, -0.2) is 58.7 Å². The first-order chi connectivity index (χ1) is 9.58. The molecule has 1 aliphatic heterocycles. The minimum absolute atomic E-state index is 0.0600. The van der Waals surface area contributed by atoms with Crippen LogP contribution in [0.15, 0.2) is 12.1 Å². The molecule has 1 heterocycles. The molecule has 0 fully saturated rings. The smallest absolute Gasteiger partial charge is 0.121 e. The van der Waals surface area contributed by atoms with Gasteiger partial charge < -0.3 is 26.1 Å². The van der Waals surface area contributed by atoms with Crippen molar-refractivity contribution in [3.05, 3.63) is 17.7 Å². The zero-order valence-corrected chi connectivity index (χ0v) is 11.1. The van der Waals surface area contributed by atoms with Gasteiger partial charge in [-0.1, -0.05) is 0 Å². The summed E-state index contributed by atoms with van der Waals surface area (Å²) in [4.78, 5) is 1.76. The number of fused-ring (bicyclic) bond motifs is 1. The molecule has 0 aliphatic carbocycles. The van der Waals surface area contributed by atoms with E-state index >= 15 is 0 Å². The number of aliphatic hydroxyl groups is 2. The molecule has 0 aromatic heterocycles. The molecule has 0 unspecified atom stereocenters. The average Bonchev–Trinajstić information content (AvgIpc) is 2.40. The van der Waals surface area contributed by atoms with Gasteiger partial charge in [-0.2, -0.15) is 5.06 Å². The second kappa shape index (κ2) is 6.25. The van der Waals surface area contributed by atoms with Gasteiger partial charge in [0.1, 0.15) is 6.67 Å². The van der Waals surface area contributed by atoms with E-state index in [0.717, 1.165) is 10.1 Å². The predicted molar refractivity (Wildman–Crippen MR) is 73.7 cm³/mol. The molecule has 0 saturated carbocycles. The van der Waals surface area contributed by atoms with E-state index in [0.29, 0.717) is 35.7 Å². The van der Waals surface area contributed by atoms with Crippen LogP contribution in [-0.2, 0) is 6.54 Å². The number of nitrogen functional groups attached to an aromatic ring is 1. The van der Waals surface area contributed by atoms with E-state index in [1.54, 1.807) is 17.0 Å². The van der Waals surface area contributed by atoms with Gasteiger partial charge in [0, 0.05) is 24.3 Å². The monoisotopic (exact) mass is 284 g/mol. The van der Waals surface area contributed by atoms with Gasteiger partial charge in [0.15, 0.2) is 0 Å². The highest BCUT2D eigenvalue weighted by atomic mass is 16.5. The normalized spacial score (nSPS) is 15.3. The van der Waals surface area contributed by atoms with E-state index in [4.69, 9.17) is 15.9 Å². The van der Waals surface area contributed by atoms with Gasteiger partial charge in [0.2, 0.25) is 0 Å². The van der Waals surface area contributed by atoms with Crippen molar-refractivity contribution in [3.8, 4) is 0 Å². The minimum atomic E-state index is -0.0727. The Hall–Kier alpha value is -1.58. The Labute approximate surface area is 116 Å². The summed E-state index contributed by atoms with van der Waals surface area (Å²) in [6.07, 6.45) is 0. The number of hydrogen-bond donors (Lipinski definition) is 5. The third kappa shape index (κ3) is 2.79. The molecule has 6 N–H and O–H groups in total. The molecule has 8 heteroatoms. The molecule has 0 amide bonds. The summed E-state index contributed by atoms with van der Waals surface area (Å²) in [6.45, 7) is 0.655. The standard InChI is InChI=1S/C12H20N4O4/c13-10-1-2-11(14(3-5-17)4-6-18)12-9(10)7-15(19)8-16(12)20/h1-2,17-20H,3-8,13H2. The Morgan fingerprint density at radius 3 is 2.40 bits per heavy atom. The number of nitrogens with zero attached hydrogens (tertiary/aromatic N) is 3. The molecule has 0 atom stereocenters. The van der Waals surface area contributed by atoms with E-state index < -0.39 is 0 Å². The van der Waals surface area contributed by atoms with Crippen molar-refractivity contribution in [1.82, 2.24) is 5.06 Å². The highest BCUT2D eigenvalue weighted by molar-refractivity contribution is 5.80. The summed E-state index contributed by atoms with van der Waals surface area (Å²) in [5.41, 5.74) is 8.13. The SMILES string of the molecule is Nc1ccc(N(CCO)CCO)c2c1CN(O)CN2O. The molecule has 0 spiro atoms. The lowest BCUT2D eigenvalue weighted by atomic mass is 10.1. The van der Waals surface area contributed by atoms with Crippen LogP contribution in [0.3, 0.4) is 0 Å². The zero-order chi connectivity index (χ0) is 14.7. The Morgan fingerprint density at radius 2 is 1.80 bits per heavy atom. The Balaban J connectivity index is 2.46. The van der Waals surface area contributed by atoms with Gasteiger partial charge in [-0.25, -0.2) is 5.06 Å². The van der Waals surface area contributed by atoms with Crippen LogP contribution in [0.1, 0.15) is 5.56 Å². The second-order valence-corrected chi connectivity index (χ2v) is 4.64. The van der Waals surface area contributed by atoms with Crippen LogP contribution in [0.4, 0.5) is 17.1 Å². The van der Waals surface area contributed by atoms with Crippen molar-refractivity contribution >= 4 is 17.1 Å². The fourth-order valence-electron chi connectivity index (χ4n) is 2.40. The van der Waals surface area contributed by atoms with Gasteiger partial charge in [-0.05, 0) is 12.1 Å².